The minimum Gasteiger partial charge on any atom is -0.273 e. The lowest BCUT2D eigenvalue weighted by molar-refractivity contribution is -0.164. The first-order chi connectivity index (χ1) is 12.8. The van der Waals surface area contributed by atoms with Crippen LogP contribution in [0.3, 0.4) is 0 Å². The van der Waals surface area contributed by atoms with Crippen molar-refractivity contribution in [2.45, 2.75) is 70.2 Å². The summed E-state index contributed by atoms with van der Waals surface area (Å²) < 4.78 is 0. The van der Waals surface area contributed by atoms with Gasteiger partial charge in [0.15, 0.2) is 0 Å². The fraction of sp³-hybridized carbons (Fsp3) is 0.526. The summed E-state index contributed by atoms with van der Waals surface area (Å²) in [5.41, 5.74) is 2.94. The van der Waals surface area contributed by atoms with Gasteiger partial charge in [-0.05, 0) is 31.9 Å². The van der Waals surface area contributed by atoms with Crippen LogP contribution in [-0.4, -0.2) is 43.8 Å². The fourth-order valence-corrected chi connectivity index (χ4v) is 4.97. The molecule has 7 nitrogen and oxygen atoms in total. The van der Waals surface area contributed by atoms with E-state index in [4.69, 9.17) is 4.99 Å². The highest BCUT2D eigenvalue weighted by molar-refractivity contribution is 8.01. The molecule has 1 aromatic heterocycles. The molecular weight excluding hydrogens is 364 g/mol. The number of aliphatic imine (C=N–C) groups is 1. The van der Waals surface area contributed by atoms with E-state index in [1.165, 1.54) is 30.6 Å². The van der Waals surface area contributed by atoms with E-state index < -0.39 is 17.1 Å². The lowest BCUT2D eigenvalue weighted by atomic mass is 9.98. The van der Waals surface area contributed by atoms with E-state index >= 15 is 0 Å². The molecule has 0 aromatic carbocycles. The Balaban J connectivity index is 2.10. The zero-order valence-electron chi connectivity index (χ0n) is 16.3. The van der Waals surface area contributed by atoms with E-state index in [0.717, 1.165) is 39.7 Å². The summed E-state index contributed by atoms with van der Waals surface area (Å²) in [6.07, 6.45) is 2.26. The third-order valence-electron chi connectivity index (χ3n) is 4.71. The summed E-state index contributed by atoms with van der Waals surface area (Å²) >= 11 is 1.37. The Morgan fingerprint density at radius 1 is 1.26 bits per heavy atom. The molecule has 2 atom stereocenters. The number of rotatable bonds is 4. The number of carbonyl (C=O) groups is 3. The highest BCUT2D eigenvalue weighted by atomic mass is 32.2. The monoisotopic (exact) mass is 388 g/mol. The van der Waals surface area contributed by atoms with Crippen molar-refractivity contribution in [1.29, 1.82) is 0 Å². The van der Waals surface area contributed by atoms with Crippen molar-refractivity contribution in [3.05, 3.63) is 22.9 Å². The number of nitrogens with zero attached hydrogens (tertiary/aromatic N) is 4. The van der Waals surface area contributed by atoms with Crippen LogP contribution in [0.5, 0.6) is 0 Å². The Labute approximate surface area is 163 Å². The number of fused-ring (bicyclic) bond motifs is 3. The Bertz CT molecular complexity index is 838. The molecule has 3 rings (SSSR count). The van der Waals surface area contributed by atoms with Crippen molar-refractivity contribution in [1.82, 2.24) is 15.0 Å². The van der Waals surface area contributed by atoms with Crippen molar-refractivity contribution in [2.24, 2.45) is 4.99 Å². The van der Waals surface area contributed by atoms with E-state index in [1.807, 2.05) is 26.8 Å². The Morgan fingerprint density at radius 3 is 2.52 bits per heavy atom. The first-order valence-corrected chi connectivity index (χ1v) is 10.0. The maximum Gasteiger partial charge on any atom is 0.263 e. The van der Waals surface area contributed by atoms with Gasteiger partial charge in [0.25, 0.3) is 5.91 Å². The second-order valence-electron chi connectivity index (χ2n) is 6.93. The Kier molecular flexibility index (Phi) is 5.37. The van der Waals surface area contributed by atoms with Gasteiger partial charge < -0.3 is 0 Å². The molecule has 0 bridgehead atoms. The van der Waals surface area contributed by atoms with Crippen molar-refractivity contribution in [3.63, 3.8) is 0 Å². The van der Waals surface area contributed by atoms with Crippen molar-refractivity contribution in [3.8, 4) is 0 Å². The second kappa shape index (κ2) is 7.42. The molecule has 144 valence electrons. The molecular formula is C19H24N4O3S. The number of pyridine rings is 1. The summed E-state index contributed by atoms with van der Waals surface area (Å²) in [6.45, 7) is 8.54. The SMILES string of the molecule is CCCCC1=N[C@@H]2c3c(C)cc(C)nc3S[C@H]2C(=O)N1N(C(C)=O)C(C)=O. The molecule has 3 heterocycles. The van der Waals surface area contributed by atoms with Crippen molar-refractivity contribution < 1.29 is 14.4 Å². The first kappa shape index (κ1) is 19.5. The van der Waals surface area contributed by atoms with Crippen molar-refractivity contribution in [2.75, 3.05) is 0 Å². The third kappa shape index (κ3) is 3.38. The lowest BCUT2D eigenvalue weighted by Crippen LogP contribution is -2.58. The summed E-state index contributed by atoms with van der Waals surface area (Å²) in [6, 6.07) is 1.67. The van der Waals surface area contributed by atoms with E-state index in [0.29, 0.717) is 12.3 Å². The van der Waals surface area contributed by atoms with Gasteiger partial charge in [0.1, 0.15) is 22.2 Å². The molecule has 27 heavy (non-hydrogen) atoms. The summed E-state index contributed by atoms with van der Waals surface area (Å²) in [4.78, 5) is 47.0. The average Bonchev–Trinajstić information content (AvgIpc) is 2.93. The maximum atomic E-state index is 13.3. The Morgan fingerprint density at radius 2 is 1.93 bits per heavy atom. The molecule has 0 spiro atoms. The van der Waals surface area contributed by atoms with Gasteiger partial charge >= 0.3 is 0 Å². The van der Waals surface area contributed by atoms with E-state index in [1.54, 1.807) is 0 Å². The normalized spacial score (nSPS) is 20.9. The summed E-state index contributed by atoms with van der Waals surface area (Å²) in [7, 11) is 0. The van der Waals surface area contributed by atoms with Crippen LogP contribution < -0.4 is 0 Å². The molecule has 1 aromatic rings. The van der Waals surface area contributed by atoms with Gasteiger partial charge in [0.05, 0.1) is 0 Å². The molecule has 8 heteroatoms. The summed E-state index contributed by atoms with van der Waals surface area (Å²) in [5.74, 6) is -0.804. The molecule has 0 unspecified atom stereocenters. The molecule has 2 aliphatic heterocycles. The zero-order valence-corrected chi connectivity index (χ0v) is 17.1. The van der Waals surface area contributed by atoms with Gasteiger partial charge in [-0.1, -0.05) is 25.1 Å². The fourth-order valence-electron chi connectivity index (χ4n) is 3.60. The second-order valence-corrected chi connectivity index (χ2v) is 8.06. The van der Waals surface area contributed by atoms with Crippen LogP contribution >= 0.6 is 11.8 Å². The van der Waals surface area contributed by atoms with Gasteiger partial charge in [0.2, 0.25) is 11.8 Å². The highest BCUT2D eigenvalue weighted by Crippen LogP contribution is 2.49. The van der Waals surface area contributed by atoms with Crippen LogP contribution in [-0.2, 0) is 14.4 Å². The topological polar surface area (TPSA) is 82.9 Å². The zero-order chi connectivity index (χ0) is 19.9. The number of imide groups is 1. The summed E-state index contributed by atoms with van der Waals surface area (Å²) in [5, 5.41) is 2.40. The van der Waals surface area contributed by atoms with Crippen LogP contribution in [0.4, 0.5) is 0 Å². The lowest BCUT2D eigenvalue weighted by Gasteiger charge is -2.38. The predicted molar refractivity (Wildman–Crippen MR) is 103 cm³/mol. The molecule has 0 saturated carbocycles. The van der Waals surface area contributed by atoms with Crippen molar-refractivity contribution >= 4 is 35.3 Å². The largest absolute Gasteiger partial charge is 0.273 e. The number of amides is 3. The van der Waals surface area contributed by atoms with Gasteiger partial charge in [0, 0.05) is 31.5 Å². The van der Waals surface area contributed by atoms with Crippen LogP contribution in [0.15, 0.2) is 16.1 Å². The average molecular weight is 388 g/mol. The quantitative estimate of drug-likeness (QED) is 0.792. The molecule has 0 fully saturated rings. The number of carbonyl (C=O) groups excluding carboxylic acids is 3. The number of aryl methyl sites for hydroxylation is 2. The number of hydrogen-bond donors (Lipinski definition) is 0. The third-order valence-corrected chi connectivity index (χ3v) is 5.96. The molecule has 3 amide bonds. The Hall–Kier alpha value is -2.22. The molecule has 0 saturated heterocycles. The number of hydrogen-bond acceptors (Lipinski definition) is 6. The number of unbranched alkanes of at least 4 members (excludes halogenated alkanes) is 1. The van der Waals surface area contributed by atoms with Gasteiger partial charge in [-0.3, -0.25) is 19.4 Å². The molecule has 0 aliphatic carbocycles. The predicted octanol–water partition coefficient (Wildman–Crippen LogP) is 2.95. The number of hydrazine groups is 1. The van der Waals surface area contributed by atoms with E-state index in [2.05, 4.69) is 4.98 Å². The molecule has 2 aliphatic rings. The maximum absolute atomic E-state index is 13.3. The smallest absolute Gasteiger partial charge is 0.263 e. The van der Waals surface area contributed by atoms with Crippen LogP contribution in [0.1, 0.15) is 62.9 Å². The molecule has 0 N–H and O–H groups in total. The van der Waals surface area contributed by atoms with E-state index in [9.17, 15) is 14.4 Å². The number of thioether (sulfide) groups is 1. The van der Waals surface area contributed by atoms with Gasteiger partial charge in [-0.15, -0.1) is 0 Å². The first-order valence-electron chi connectivity index (χ1n) is 9.12. The minimum atomic E-state index is -0.514. The van der Waals surface area contributed by atoms with Gasteiger partial charge in [-0.25, -0.2) is 4.98 Å². The van der Waals surface area contributed by atoms with Crippen LogP contribution in [0.2, 0.25) is 0 Å². The number of aromatic nitrogens is 1. The van der Waals surface area contributed by atoms with Crippen LogP contribution in [0.25, 0.3) is 0 Å². The van der Waals surface area contributed by atoms with Crippen LogP contribution in [0, 0.1) is 13.8 Å². The standard InChI is InChI=1S/C19H24N4O3S/c1-6-7-8-14-21-16-15-10(2)9-11(3)20-18(15)27-17(16)19(26)23(14)22(12(4)24)13(5)25/h9,16-17H,6-8H2,1-5H3/t16-,17-/m1/s1. The number of amidine groups is 1. The van der Waals surface area contributed by atoms with E-state index in [-0.39, 0.29) is 11.9 Å². The van der Waals surface area contributed by atoms with Gasteiger partial charge in [-0.2, -0.15) is 10.0 Å². The molecule has 0 radical (unpaired) electrons. The minimum absolute atomic E-state index is 0.286. The highest BCUT2D eigenvalue weighted by Gasteiger charge is 2.49.